The molecular formula is C14H24O2S2. The SMILES string of the molecule is CC(=O)SCC(C)C1CCC(C)C(SC(C)=O)C1. The molecule has 4 heteroatoms. The second-order valence-corrected chi connectivity index (χ2v) is 8.09. The van der Waals surface area contributed by atoms with E-state index in [-0.39, 0.29) is 10.2 Å². The Kier molecular flexibility index (Phi) is 6.78. The van der Waals surface area contributed by atoms with E-state index in [1.807, 2.05) is 0 Å². The van der Waals surface area contributed by atoms with Gasteiger partial charge in [-0.1, -0.05) is 37.4 Å². The second-order valence-electron chi connectivity index (χ2n) is 5.48. The van der Waals surface area contributed by atoms with Crippen LogP contribution in [0.3, 0.4) is 0 Å². The summed E-state index contributed by atoms with van der Waals surface area (Å²) in [4.78, 5) is 22.3. The Morgan fingerprint density at radius 2 is 1.89 bits per heavy atom. The van der Waals surface area contributed by atoms with E-state index in [1.165, 1.54) is 36.4 Å². The Hall–Kier alpha value is 0.0400. The van der Waals surface area contributed by atoms with Gasteiger partial charge in [0.25, 0.3) is 0 Å². The molecule has 4 atom stereocenters. The fourth-order valence-electron chi connectivity index (χ4n) is 2.59. The van der Waals surface area contributed by atoms with Gasteiger partial charge in [0.05, 0.1) is 0 Å². The smallest absolute Gasteiger partial charge is 0.186 e. The van der Waals surface area contributed by atoms with E-state index in [4.69, 9.17) is 0 Å². The van der Waals surface area contributed by atoms with Crippen LogP contribution in [0.1, 0.15) is 47.0 Å². The summed E-state index contributed by atoms with van der Waals surface area (Å²) in [6.07, 6.45) is 3.59. The number of hydrogen-bond donors (Lipinski definition) is 0. The van der Waals surface area contributed by atoms with Crippen LogP contribution in [0.2, 0.25) is 0 Å². The zero-order valence-electron chi connectivity index (χ0n) is 11.8. The normalized spacial score (nSPS) is 29.9. The Labute approximate surface area is 119 Å². The lowest BCUT2D eigenvalue weighted by Gasteiger charge is -2.36. The van der Waals surface area contributed by atoms with Crippen molar-refractivity contribution in [3.05, 3.63) is 0 Å². The summed E-state index contributed by atoms with van der Waals surface area (Å²) in [7, 11) is 0. The maximum absolute atomic E-state index is 11.3. The van der Waals surface area contributed by atoms with Crippen LogP contribution in [0.25, 0.3) is 0 Å². The predicted molar refractivity (Wildman–Crippen MR) is 80.9 cm³/mol. The molecule has 1 fully saturated rings. The highest BCUT2D eigenvalue weighted by atomic mass is 32.2. The van der Waals surface area contributed by atoms with Gasteiger partial charge in [0.1, 0.15) is 0 Å². The minimum Gasteiger partial charge on any atom is -0.288 e. The standard InChI is InChI=1S/C14H24O2S2/c1-9-5-6-13(7-14(9)18-12(4)16)10(2)8-17-11(3)15/h9-10,13-14H,5-8H2,1-4H3. The maximum atomic E-state index is 11.3. The van der Waals surface area contributed by atoms with E-state index < -0.39 is 0 Å². The van der Waals surface area contributed by atoms with Crippen molar-refractivity contribution in [2.45, 2.75) is 52.2 Å². The van der Waals surface area contributed by atoms with Crippen LogP contribution >= 0.6 is 23.5 Å². The summed E-state index contributed by atoms with van der Waals surface area (Å²) in [5.41, 5.74) is 0. The molecule has 0 N–H and O–H groups in total. The molecule has 1 saturated carbocycles. The molecule has 0 amide bonds. The average Bonchev–Trinajstić information content (AvgIpc) is 2.28. The first-order chi connectivity index (χ1) is 8.40. The molecule has 0 aromatic rings. The highest BCUT2D eigenvalue weighted by Crippen LogP contribution is 2.40. The number of carbonyl (C=O) groups is 2. The Bertz CT molecular complexity index is 304. The van der Waals surface area contributed by atoms with E-state index in [9.17, 15) is 9.59 Å². The van der Waals surface area contributed by atoms with Crippen LogP contribution in [0.4, 0.5) is 0 Å². The molecule has 0 radical (unpaired) electrons. The Morgan fingerprint density at radius 3 is 2.44 bits per heavy atom. The van der Waals surface area contributed by atoms with Crippen molar-refractivity contribution >= 4 is 33.8 Å². The zero-order valence-corrected chi connectivity index (χ0v) is 13.4. The topological polar surface area (TPSA) is 34.1 Å². The first-order valence-electron chi connectivity index (χ1n) is 6.70. The van der Waals surface area contributed by atoms with Crippen molar-refractivity contribution in [2.75, 3.05) is 5.75 Å². The van der Waals surface area contributed by atoms with Gasteiger partial charge in [-0.2, -0.15) is 0 Å². The first kappa shape index (κ1) is 16.1. The molecule has 0 aromatic heterocycles. The van der Waals surface area contributed by atoms with E-state index >= 15 is 0 Å². The van der Waals surface area contributed by atoms with Crippen LogP contribution in [0.15, 0.2) is 0 Å². The number of carbonyl (C=O) groups excluding carboxylic acids is 2. The summed E-state index contributed by atoms with van der Waals surface area (Å²) in [6.45, 7) is 7.79. The minimum atomic E-state index is 0.209. The van der Waals surface area contributed by atoms with E-state index in [1.54, 1.807) is 13.8 Å². The largest absolute Gasteiger partial charge is 0.288 e. The Balaban J connectivity index is 2.47. The van der Waals surface area contributed by atoms with Crippen molar-refractivity contribution < 1.29 is 9.59 Å². The molecule has 2 nitrogen and oxygen atoms in total. The maximum Gasteiger partial charge on any atom is 0.186 e. The number of thioether (sulfide) groups is 2. The average molecular weight is 288 g/mol. The van der Waals surface area contributed by atoms with Crippen molar-refractivity contribution in [3.63, 3.8) is 0 Å². The van der Waals surface area contributed by atoms with Gasteiger partial charge in [-0.05, 0) is 37.0 Å². The summed E-state index contributed by atoms with van der Waals surface area (Å²) >= 11 is 2.95. The van der Waals surface area contributed by atoms with Crippen LogP contribution in [-0.4, -0.2) is 21.2 Å². The van der Waals surface area contributed by atoms with Gasteiger partial charge in [0, 0.05) is 24.9 Å². The molecule has 0 bridgehead atoms. The number of rotatable bonds is 4. The highest BCUT2D eigenvalue weighted by molar-refractivity contribution is 8.14. The second kappa shape index (κ2) is 7.59. The Morgan fingerprint density at radius 1 is 1.22 bits per heavy atom. The fraction of sp³-hybridized carbons (Fsp3) is 0.857. The zero-order chi connectivity index (χ0) is 13.7. The molecule has 4 unspecified atom stereocenters. The van der Waals surface area contributed by atoms with Crippen molar-refractivity contribution in [3.8, 4) is 0 Å². The molecule has 1 rings (SSSR count). The molecule has 0 saturated heterocycles. The van der Waals surface area contributed by atoms with Crippen molar-refractivity contribution in [2.24, 2.45) is 17.8 Å². The van der Waals surface area contributed by atoms with Crippen LogP contribution in [0, 0.1) is 17.8 Å². The summed E-state index contributed by atoms with van der Waals surface area (Å²) in [5.74, 6) is 2.81. The molecule has 0 heterocycles. The molecule has 0 spiro atoms. The predicted octanol–water partition coefficient (Wildman–Crippen LogP) is 3.99. The van der Waals surface area contributed by atoms with Crippen LogP contribution in [-0.2, 0) is 9.59 Å². The van der Waals surface area contributed by atoms with Gasteiger partial charge < -0.3 is 0 Å². The quantitative estimate of drug-likeness (QED) is 0.783. The van der Waals surface area contributed by atoms with Gasteiger partial charge in [0.15, 0.2) is 10.2 Å². The highest BCUT2D eigenvalue weighted by Gasteiger charge is 2.31. The van der Waals surface area contributed by atoms with Gasteiger partial charge >= 0.3 is 0 Å². The third-order valence-corrected chi connectivity index (χ3v) is 6.22. The van der Waals surface area contributed by atoms with Crippen LogP contribution in [0.5, 0.6) is 0 Å². The van der Waals surface area contributed by atoms with E-state index in [2.05, 4.69) is 13.8 Å². The van der Waals surface area contributed by atoms with Crippen LogP contribution < -0.4 is 0 Å². The van der Waals surface area contributed by atoms with Gasteiger partial charge in [-0.25, -0.2) is 0 Å². The summed E-state index contributed by atoms with van der Waals surface area (Å²) in [6, 6.07) is 0. The minimum absolute atomic E-state index is 0.209. The monoisotopic (exact) mass is 288 g/mol. The lowest BCUT2D eigenvalue weighted by Crippen LogP contribution is -2.30. The molecule has 0 aliphatic heterocycles. The first-order valence-corrected chi connectivity index (χ1v) is 8.57. The lowest BCUT2D eigenvalue weighted by molar-refractivity contribution is -0.110. The van der Waals surface area contributed by atoms with Crippen molar-refractivity contribution in [1.82, 2.24) is 0 Å². The summed E-state index contributed by atoms with van der Waals surface area (Å²) in [5, 5.41) is 0.921. The molecule has 18 heavy (non-hydrogen) atoms. The van der Waals surface area contributed by atoms with Gasteiger partial charge in [0.2, 0.25) is 0 Å². The van der Waals surface area contributed by atoms with Gasteiger partial charge in [-0.3, -0.25) is 9.59 Å². The summed E-state index contributed by atoms with van der Waals surface area (Å²) < 4.78 is 0. The molecule has 1 aliphatic carbocycles. The van der Waals surface area contributed by atoms with Crippen molar-refractivity contribution in [1.29, 1.82) is 0 Å². The molecule has 1 aliphatic rings. The number of hydrogen-bond acceptors (Lipinski definition) is 4. The molecular weight excluding hydrogens is 264 g/mol. The van der Waals surface area contributed by atoms with E-state index in [0.717, 1.165) is 12.2 Å². The molecule has 104 valence electrons. The third kappa shape index (κ3) is 5.35. The molecule has 0 aromatic carbocycles. The van der Waals surface area contributed by atoms with E-state index in [0.29, 0.717) is 23.0 Å². The van der Waals surface area contributed by atoms with Gasteiger partial charge in [-0.15, -0.1) is 0 Å². The third-order valence-electron chi connectivity index (χ3n) is 3.83. The fourth-order valence-corrected chi connectivity index (χ4v) is 4.50. The lowest BCUT2D eigenvalue weighted by atomic mass is 9.77.